The number of sulfonamides is 1. The van der Waals surface area contributed by atoms with Gasteiger partial charge in [0.05, 0.1) is 4.90 Å². The Kier molecular flexibility index (Phi) is 4.69. The number of nitrogens with two attached hydrogens (primary N) is 1. The van der Waals surface area contributed by atoms with Crippen LogP contribution in [0.15, 0.2) is 58.3 Å². The normalized spacial score (nSPS) is 11.3. The van der Waals surface area contributed by atoms with Crippen molar-refractivity contribution < 1.29 is 8.42 Å². The summed E-state index contributed by atoms with van der Waals surface area (Å²) in [5.74, 6) is 0. The molecular weight excluding hydrogens is 292 g/mol. The molecule has 6 heteroatoms. The highest BCUT2D eigenvalue weighted by Gasteiger charge is 2.13. The average Bonchev–Trinajstić information content (AvgIpc) is 2.48. The van der Waals surface area contributed by atoms with Gasteiger partial charge in [-0.15, -0.1) is 11.8 Å². The van der Waals surface area contributed by atoms with Gasteiger partial charge in [0.25, 0.3) is 10.0 Å². The summed E-state index contributed by atoms with van der Waals surface area (Å²) in [6, 6.07) is 13.8. The molecule has 0 radical (unpaired) electrons. The minimum atomic E-state index is -3.56. The van der Waals surface area contributed by atoms with Crippen molar-refractivity contribution in [3.05, 3.63) is 54.1 Å². The van der Waals surface area contributed by atoms with E-state index in [9.17, 15) is 8.42 Å². The number of rotatable bonds is 5. The van der Waals surface area contributed by atoms with E-state index in [1.54, 1.807) is 48.2 Å². The lowest BCUT2D eigenvalue weighted by Crippen LogP contribution is -2.13. The molecule has 2 aromatic carbocycles. The van der Waals surface area contributed by atoms with E-state index in [-0.39, 0.29) is 4.90 Å². The van der Waals surface area contributed by atoms with Crippen molar-refractivity contribution >= 4 is 27.5 Å². The van der Waals surface area contributed by atoms with Crippen LogP contribution in [-0.2, 0) is 16.6 Å². The molecule has 0 atom stereocenters. The average molecular weight is 308 g/mol. The fraction of sp³-hybridized carbons (Fsp3) is 0.143. The smallest absolute Gasteiger partial charge is 0.261 e. The highest BCUT2D eigenvalue weighted by molar-refractivity contribution is 7.98. The monoisotopic (exact) mass is 308 g/mol. The molecule has 0 aliphatic heterocycles. The molecule has 20 heavy (non-hydrogen) atoms. The van der Waals surface area contributed by atoms with Crippen molar-refractivity contribution in [1.82, 2.24) is 0 Å². The van der Waals surface area contributed by atoms with Gasteiger partial charge in [-0.05, 0) is 48.2 Å². The highest BCUT2D eigenvalue weighted by Crippen LogP contribution is 2.20. The predicted octanol–water partition coefficient (Wildman–Crippen LogP) is 2.67. The third kappa shape index (κ3) is 3.53. The first kappa shape index (κ1) is 14.9. The summed E-state index contributed by atoms with van der Waals surface area (Å²) in [6.07, 6.45) is 1.97. The molecular formula is C14H16N2O2S2. The fourth-order valence-corrected chi connectivity index (χ4v) is 3.14. The fourth-order valence-electron chi connectivity index (χ4n) is 1.68. The van der Waals surface area contributed by atoms with Gasteiger partial charge in [0.15, 0.2) is 0 Å². The first-order chi connectivity index (χ1) is 9.55. The molecule has 0 aromatic heterocycles. The zero-order valence-corrected chi connectivity index (χ0v) is 12.7. The molecule has 0 amide bonds. The van der Waals surface area contributed by atoms with Gasteiger partial charge >= 0.3 is 0 Å². The van der Waals surface area contributed by atoms with Crippen LogP contribution >= 0.6 is 11.8 Å². The van der Waals surface area contributed by atoms with Crippen molar-refractivity contribution in [1.29, 1.82) is 0 Å². The first-order valence-electron chi connectivity index (χ1n) is 6.01. The zero-order chi connectivity index (χ0) is 14.6. The van der Waals surface area contributed by atoms with E-state index in [0.29, 0.717) is 12.2 Å². The van der Waals surface area contributed by atoms with Gasteiger partial charge in [-0.3, -0.25) is 4.72 Å². The van der Waals surface area contributed by atoms with E-state index >= 15 is 0 Å². The van der Waals surface area contributed by atoms with E-state index < -0.39 is 10.0 Å². The standard InChI is InChI=1S/C14H16N2O2S2/c1-19-13-6-4-12(5-7-13)16-20(17,18)14-8-2-11(10-15)3-9-14/h2-9,16H,10,15H2,1H3. The second-order valence-corrected chi connectivity index (χ2v) is 6.74. The van der Waals surface area contributed by atoms with E-state index in [4.69, 9.17) is 5.73 Å². The number of benzene rings is 2. The van der Waals surface area contributed by atoms with Crippen LogP contribution < -0.4 is 10.5 Å². The molecule has 0 aliphatic carbocycles. The number of nitrogens with one attached hydrogen (secondary N) is 1. The maximum Gasteiger partial charge on any atom is 0.261 e. The van der Waals surface area contributed by atoms with Gasteiger partial charge in [-0.2, -0.15) is 0 Å². The van der Waals surface area contributed by atoms with Crippen LogP contribution in [-0.4, -0.2) is 14.7 Å². The number of hydrogen-bond acceptors (Lipinski definition) is 4. The summed E-state index contributed by atoms with van der Waals surface area (Å²) in [5.41, 5.74) is 6.94. The van der Waals surface area contributed by atoms with Crippen LogP contribution in [0.4, 0.5) is 5.69 Å². The zero-order valence-electron chi connectivity index (χ0n) is 11.0. The molecule has 2 rings (SSSR count). The van der Waals surface area contributed by atoms with Crippen molar-refractivity contribution in [3.8, 4) is 0 Å². The molecule has 0 fully saturated rings. The van der Waals surface area contributed by atoms with Crippen molar-refractivity contribution in [2.75, 3.05) is 11.0 Å². The Labute approximate surface area is 123 Å². The minimum Gasteiger partial charge on any atom is -0.326 e. The maximum absolute atomic E-state index is 12.2. The largest absolute Gasteiger partial charge is 0.326 e. The lowest BCUT2D eigenvalue weighted by atomic mass is 10.2. The Morgan fingerprint density at radius 2 is 1.65 bits per heavy atom. The van der Waals surface area contributed by atoms with Crippen LogP contribution in [0.1, 0.15) is 5.56 Å². The summed E-state index contributed by atoms with van der Waals surface area (Å²) in [4.78, 5) is 1.31. The van der Waals surface area contributed by atoms with Crippen molar-refractivity contribution in [2.24, 2.45) is 5.73 Å². The van der Waals surface area contributed by atoms with E-state index in [0.717, 1.165) is 10.5 Å². The SMILES string of the molecule is CSc1ccc(NS(=O)(=O)c2ccc(CN)cc2)cc1. The summed E-state index contributed by atoms with van der Waals surface area (Å²) in [5, 5.41) is 0. The van der Waals surface area contributed by atoms with Crippen molar-refractivity contribution in [2.45, 2.75) is 16.3 Å². The predicted molar refractivity (Wildman–Crippen MR) is 83.4 cm³/mol. The molecule has 0 saturated carbocycles. The van der Waals surface area contributed by atoms with Gasteiger partial charge < -0.3 is 5.73 Å². The third-order valence-electron chi connectivity index (χ3n) is 2.81. The second-order valence-electron chi connectivity index (χ2n) is 4.18. The minimum absolute atomic E-state index is 0.226. The van der Waals surface area contributed by atoms with Gasteiger partial charge in [0.1, 0.15) is 0 Å². The molecule has 0 saturated heterocycles. The van der Waals surface area contributed by atoms with E-state index in [2.05, 4.69) is 4.72 Å². The summed E-state index contributed by atoms with van der Waals surface area (Å²) < 4.78 is 27.0. The molecule has 3 N–H and O–H groups in total. The van der Waals surface area contributed by atoms with E-state index in [1.165, 1.54) is 0 Å². The quantitative estimate of drug-likeness (QED) is 0.833. The Morgan fingerprint density at radius 3 is 2.15 bits per heavy atom. The molecule has 0 bridgehead atoms. The Balaban J connectivity index is 2.20. The Hall–Kier alpha value is -1.50. The van der Waals surface area contributed by atoms with Gasteiger partial charge in [0.2, 0.25) is 0 Å². The van der Waals surface area contributed by atoms with Gasteiger partial charge in [0, 0.05) is 17.1 Å². The van der Waals surface area contributed by atoms with Crippen LogP contribution in [0.2, 0.25) is 0 Å². The molecule has 0 heterocycles. The summed E-state index contributed by atoms with van der Waals surface area (Å²) >= 11 is 1.61. The van der Waals surface area contributed by atoms with Gasteiger partial charge in [-0.1, -0.05) is 12.1 Å². The van der Waals surface area contributed by atoms with Crippen LogP contribution in [0, 0.1) is 0 Å². The lowest BCUT2D eigenvalue weighted by molar-refractivity contribution is 0.601. The highest BCUT2D eigenvalue weighted by atomic mass is 32.2. The number of anilines is 1. The molecule has 106 valence electrons. The van der Waals surface area contributed by atoms with Crippen LogP contribution in [0.5, 0.6) is 0 Å². The van der Waals surface area contributed by atoms with E-state index in [1.807, 2.05) is 18.4 Å². The second kappa shape index (κ2) is 6.30. The van der Waals surface area contributed by atoms with Crippen LogP contribution in [0.3, 0.4) is 0 Å². The molecule has 2 aromatic rings. The lowest BCUT2D eigenvalue weighted by Gasteiger charge is -2.09. The number of hydrogen-bond donors (Lipinski definition) is 2. The molecule has 0 unspecified atom stereocenters. The Bertz CT molecular complexity index is 665. The maximum atomic E-state index is 12.2. The number of thioether (sulfide) groups is 1. The van der Waals surface area contributed by atoms with Gasteiger partial charge in [-0.25, -0.2) is 8.42 Å². The Morgan fingerprint density at radius 1 is 1.05 bits per heavy atom. The van der Waals surface area contributed by atoms with Crippen molar-refractivity contribution in [3.63, 3.8) is 0 Å². The summed E-state index contributed by atoms with van der Waals surface area (Å²) in [6.45, 7) is 0.393. The molecule has 4 nitrogen and oxygen atoms in total. The summed E-state index contributed by atoms with van der Waals surface area (Å²) in [7, 11) is -3.56. The van der Waals surface area contributed by atoms with Crippen LogP contribution in [0.25, 0.3) is 0 Å². The molecule has 0 spiro atoms. The topological polar surface area (TPSA) is 72.2 Å². The first-order valence-corrected chi connectivity index (χ1v) is 8.72. The molecule has 0 aliphatic rings. The third-order valence-corrected chi connectivity index (χ3v) is 4.95.